The predicted molar refractivity (Wildman–Crippen MR) is 85.8 cm³/mol. The second-order valence-corrected chi connectivity index (χ2v) is 5.04. The minimum Gasteiger partial charge on any atom is -0.382 e. The molecule has 1 heterocycles. The third-order valence-corrected chi connectivity index (χ3v) is 3.35. The van der Waals surface area contributed by atoms with Crippen molar-refractivity contribution < 1.29 is 13.6 Å². The fourth-order valence-electron chi connectivity index (χ4n) is 2.30. The van der Waals surface area contributed by atoms with Crippen molar-refractivity contribution in [2.75, 3.05) is 5.73 Å². The average molecular weight is 326 g/mol. The molecule has 0 aliphatic heterocycles. The molecule has 120 valence electrons. The maximum absolute atomic E-state index is 13.6. The Balaban J connectivity index is 2.31. The number of aromatic nitrogens is 2. The molecule has 3 aromatic rings. The zero-order valence-electron chi connectivity index (χ0n) is 12.3. The van der Waals surface area contributed by atoms with Crippen molar-refractivity contribution in [3.8, 4) is 22.5 Å². The molecule has 3 rings (SSSR count). The second kappa shape index (κ2) is 6.04. The van der Waals surface area contributed by atoms with Crippen LogP contribution in [-0.2, 0) is 0 Å². The van der Waals surface area contributed by atoms with Crippen molar-refractivity contribution in [1.29, 1.82) is 0 Å². The summed E-state index contributed by atoms with van der Waals surface area (Å²) in [5.74, 6) is -2.00. The van der Waals surface area contributed by atoms with Crippen molar-refractivity contribution >= 4 is 11.7 Å². The quantitative estimate of drug-likeness (QED) is 0.773. The van der Waals surface area contributed by atoms with Crippen molar-refractivity contribution in [2.24, 2.45) is 5.73 Å². The molecule has 24 heavy (non-hydrogen) atoms. The lowest BCUT2D eigenvalue weighted by Gasteiger charge is -2.12. The third-order valence-electron chi connectivity index (χ3n) is 3.35. The molecule has 0 unspecified atom stereocenters. The molecular weight excluding hydrogens is 314 g/mol. The van der Waals surface area contributed by atoms with Crippen LogP contribution >= 0.6 is 0 Å². The number of rotatable bonds is 3. The van der Waals surface area contributed by atoms with Gasteiger partial charge in [-0.25, -0.2) is 18.7 Å². The van der Waals surface area contributed by atoms with Crippen LogP contribution in [0.3, 0.4) is 0 Å². The first-order valence-electron chi connectivity index (χ1n) is 6.95. The van der Waals surface area contributed by atoms with Gasteiger partial charge in [0.25, 0.3) is 5.91 Å². The van der Waals surface area contributed by atoms with Crippen LogP contribution in [-0.4, -0.2) is 15.9 Å². The van der Waals surface area contributed by atoms with E-state index in [0.29, 0.717) is 11.1 Å². The number of hydrogen-bond donors (Lipinski definition) is 2. The molecule has 0 saturated heterocycles. The van der Waals surface area contributed by atoms with Crippen LogP contribution < -0.4 is 11.5 Å². The van der Waals surface area contributed by atoms with Crippen molar-refractivity contribution in [2.45, 2.75) is 0 Å². The van der Waals surface area contributed by atoms with Crippen LogP contribution in [0.2, 0.25) is 0 Å². The predicted octanol–water partition coefficient (Wildman–Crippen LogP) is 2.77. The van der Waals surface area contributed by atoms with Gasteiger partial charge in [-0.2, -0.15) is 0 Å². The number of nitrogens with two attached hydrogens (primary N) is 2. The standard InChI is InChI=1S/C17H12F2N4O/c18-11-5-1-3-9(7-11)13-14(10-4-2-6-12(19)8-10)23-16(20)15(22-13)17(21)24/h1-8H,(H2,20,23)(H2,21,24). The van der Waals surface area contributed by atoms with Gasteiger partial charge in [-0.3, -0.25) is 4.79 Å². The van der Waals surface area contributed by atoms with Gasteiger partial charge in [0.05, 0.1) is 11.4 Å². The van der Waals surface area contributed by atoms with E-state index >= 15 is 0 Å². The largest absolute Gasteiger partial charge is 0.382 e. The Kier molecular flexibility index (Phi) is 3.91. The molecule has 5 nitrogen and oxygen atoms in total. The van der Waals surface area contributed by atoms with Crippen molar-refractivity contribution in [1.82, 2.24) is 9.97 Å². The summed E-state index contributed by atoms with van der Waals surface area (Å²) in [6.45, 7) is 0. The molecule has 0 atom stereocenters. The first-order valence-corrected chi connectivity index (χ1v) is 6.95. The van der Waals surface area contributed by atoms with E-state index in [2.05, 4.69) is 9.97 Å². The Labute approximate surface area is 136 Å². The van der Waals surface area contributed by atoms with Crippen LogP contribution in [0.15, 0.2) is 48.5 Å². The van der Waals surface area contributed by atoms with Crippen LogP contribution in [0.25, 0.3) is 22.5 Å². The molecule has 7 heteroatoms. The summed E-state index contributed by atoms with van der Waals surface area (Å²) in [7, 11) is 0. The summed E-state index contributed by atoms with van der Waals surface area (Å²) in [5.41, 5.74) is 11.9. The van der Waals surface area contributed by atoms with Gasteiger partial charge in [0.2, 0.25) is 0 Å². The summed E-state index contributed by atoms with van der Waals surface area (Å²) in [4.78, 5) is 19.8. The number of halogens is 2. The SMILES string of the molecule is NC(=O)c1nc(-c2cccc(F)c2)c(-c2cccc(F)c2)nc1N. The topological polar surface area (TPSA) is 94.9 Å². The molecule has 4 N–H and O–H groups in total. The van der Waals surface area contributed by atoms with E-state index in [0.717, 1.165) is 0 Å². The Morgan fingerprint density at radius 1 is 0.875 bits per heavy atom. The molecule has 0 fully saturated rings. The maximum Gasteiger partial charge on any atom is 0.271 e. The van der Waals surface area contributed by atoms with Crippen molar-refractivity contribution in [3.05, 3.63) is 65.9 Å². The van der Waals surface area contributed by atoms with Crippen LogP contribution in [0, 0.1) is 11.6 Å². The molecule has 1 aromatic heterocycles. The monoisotopic (exact) mass is 326 g/mol. The van der Waals surface area contributed by atoms with Gasteiger partial charge in [-0.1, -0.05) is 24.3 Å². The second-order valence-electron chi connectivity index (χ2n) is 5.04. The zero-order valence-corrected chi connectivity index (χ0v) is 12.3. The Hall–Kier alpha value is -3.35. The average Bonchev–Trinajstić information content (AvgIpc) is 2.54. The van der Waals surface area contributed by atoms with E-state index in [1.54, 1.807) is 12.1 Å². The number of anilines is 1. The molecule has 0 spiro atoms. The molecule has 0 radical (unpaired) electrons. The van der Waals surface area contributed by atoms with Gasteiger partial charge in [-0.05, 0) is 24.3 Å². The van der Waals surface area contributed by atoms with Crippen LogP contribution in [0.5, 0.6) is 0 Å². The number of amides is 1. The smallest absolute Gasteiger partial charge is 0.271 e. The lowest BCUT2D eigenvalue weighted by Crippen LogP contribution is -2.17. The summed E-state index contributed by atoms with van der Waals surface area (Å²) in [5, 5.41) is 0. The number of benzene rings is 2. The highest BCUT2D eigenvalue weighted by atomic mass is 19.1. The zero-order chi connectivity index (χ0) is 17.3. The van der Waals surface area contributed by atoms with E-state index in [9.17, 15) is 13.6 Å². The number of nitrogens with zero attached hydrogens (tertiary/aromatic N) is 2. The molecular formula is C17H12F2N4O. The lowest BCUT2D eigenvalue weighted by atomic mass is 10.0. The first-order chi connectivity index (χ1) is 11.5. The first kappa shape index (κ1) is 15.5. The Bertz CT molecular complexity index is 944. The highest BCUT2D eigenvalue weighted by Crippen LogP contribution is 2.31. The summed E-state index contributed by atoms with van der Waals surface area (Å²) in [6, 6.07) is 11.2. The molecule has 0 aliphatic carbocycles. The number of primary amides is 1. The van der Waals surface area contributed by atoms with E-state index in [4.69, 9.17) is 11.5 Å². The normalized spacial score (nSPS) is 10.6. The molecule has 0 saturated carbocycles. The van der Waals surface area contributed by atoms with Gasteiger partial charge in [0.15, 0.2) is 11.5 Å². The van der Waals surface area contributed by atoms with Gasteiger partial charge in [0.1, 0.15) is 11.6 Å². The Morgan fingerprint density at radius 3 is 1.83 bits per heavy atom. The third kappa shape index (κ3) is 2.91. The summed E-state index contributed by atoms with van der Waals surface area (Å²) in [6.07, 6.45) is 0. The fourth-order valence-corrected chi connectivity index (χ4v) is 2.30. The molecule has 1 amide bonds. The van der Waals surface area contributed by atoms with Gasteiger partial charge >= 0.3 is 0 Å². The van der Waals surface area contributed by atoms with E-state index in [1.165, 1.54) is 36.4 Å². The van der Waals surface area contributed by atoms with Crippen molar-refractivity contribution in [3.63, 3.8) is 0 Å². The highest BCUT2D eigenvalue weighted by Gasteiger charge is 2.18. The van der Waals surface area contributed by atoms with Gasteiger partial charge < -0.3 is 11.5 Å². The summed E-state index contributed by atoms with van der Waals surface area (Å²) >= 11 is 0. The maximum atomic E-state index is 13.6. The molecule has 0 bridgehead atoms. The van der Waals surface area contributed by atoms with Gasteiger partial charge in [0, 0.05) is 11.1 Å². The number of carbonyl (C=O) groups is 1. The van der Waals surface area contributed by atoms with Crippen LogP contribution in [0.4, 0.5) is 14.6 Å². The van der Waals surface area contributed by atoms with Gasteiger partial charge in [-0.15, -0.1) is 0 Å². The summed E-state index contributed by atoms with van der Waals surface area (Å²) < 4.78 is 27.1. The van der Waals surface area contributed by atoms with E-state index in [-0.39, 0.29) is 22.9 Å². The molecule has 2 aromatic carbocycles. The minimum atomic E-state index is -0.858. The minimum absolute atomic E-state index is 0.179. The Morgan fingerprint density at radius 2 is 1.38 bits per heavy atom. The fraction of sp³-hybridized carbons (Fsp3) is 0. The van der Waals surface area contributed by atoms with E-state index < -0.39 is 17.5 Å². The van der Waals surface area contributed by atoms with E-state index in [1.807, 2.05) is 0 Å². The molecule has 0 aliphatic rings. The number of nitrogen functional groups attached to an aromatic ring is 1. The highest BCUT2D eigenvalue weighted by molar-refractivity contribution is 5.96. The number of carbonyl (C=O) groups excluding carboxylic acids is 1. The number of hydrogen-bond acceptors (Lipinski definition) is 4. The van der Waals surface area contributed by atoms with Crippen LogP contribution in [0.1, 0.15) is 10.5 Å². The lowest BCUT2D eigenvalue weighted by molar-refractivity contribution is 0.0996.